The first-order valence-corrected chi connectivity index (χ1v) is 12.2. The zero-order valence-electron chi connectivity index (χ0n) is 20.3. The Labute approximate surface area is 220 Å². The van der Waals surface area contributed by atoms with E-state index in [1.54, 1.807) is 4.57 Å². The molecule has 0 aliphatic carbocycles. The van der Waals surface area contributed by atoms with Gasteiger partial charge in [-0.05, 0) is 48.7 Å². The van der Waals surface area contributed by atoms with Crippen molar-refractivity contribution in [1.29, 1.82) is 0 Å². The van der Waals surface area contributed by atoms with Gasteiger partial charge in [0.15, 0.2) is 11.2 Å². The SMILES string of the molecule is Cn1c(Oc2cccc(OC(F)F)c2)nc2nc(N3CCC[C@@H](N)C3)n(Cc3cc(F)ccc3Cl)c2c1=O. The van der Waals surface area contributed by atoms with Crippen molar-refractivity contribution < 1.29 is 22.6 Å². The predicted molar refractivity (Wildman–Crippen MR) is 136 cm³/mol. The lowest BCUT2D eigenvalue weighted by Gasteiger charge is -2.32. The van der Waals surface area contributed by atoms with Gasteiger partial charge in [-0.25, -0.2) is 4.39 Å². The number of halogens is 4. The van der Waals surface area contributed by atoms with Crippen LogP contribution < -0.4 is 25.7 Å². The Kier molecular flexibility index (Phi) is 7.17. The summed E-state index contributed by atoms with van der Waals surface area (Å²) in [4.78, 5) is 24.7. The van der Waals surface area contributed by atoms with Crippen molar-refractivity contribution in [2.45, 2.75) is 32.0 Å². The van der Waals surface area contributed by atoms with Crippen molar-refractivity contribution in [2.75, 3.05) is 18.0 Å². The van der Waals surface area contributed by atoms with Crippen LogP contribution >= 0.6 is 11.6 Å². The minimum Gasteiger partial charge on any atom is -0.435 e. The van der Waals surface area contributed by atoms with Crippen LogP contribution in [0, 0.1) is 5.82 Å². The number of ether oxygens (including phenoxy) is 2. The van der Waals surface area contributed by atoms with Gasteiger partial charge in [-0.1, -0.05) is 17.7 Å². The van der Waals surface area contributed by atoms with E-state index in [-0.39, 0.29) is 41.3 Å². The maximum absolute atomic E-state index is 14.0. The fourth-order valence-electron chi connectivity index (χ4n) is 4.46. The number of hydrogen-bond donors (Lipinski definition) is 1. The molecule has 0 amide bonds. The Morgan fingerprint density at radius 2 is 1.97 bits per heavy atom. The first-order valence-electron chi connectivity index (χ1n) is 11.8. The van der Waals surface area contributed by atoms with Crippen LogP contribution in [-0.2, 0) is 13.6 Å². The average Bonchev–Trinajstić information content (AvgIpc) is 3.22. The highest BCUT2D eigenvalue weighted by Crippen LogP contribution is 2.29. The third-order valence-corrected chi connectivity index (χ3v) is 6.61. The van der Waals surface area contributed by atoms with E-state index in [0.29, 0.717) is 29.6 Å². The van der Waals surface area contributed by atoms with E-state index in [1.165, 1.54) is 54.1 Å². The van der Waals surface area contributed by atoms with E-state index in [4.69, 9.17) is 22.1 Å². The molecule has 1 atom stereocenters. The molecule has 0 spiro atoms. The molecule has 0 saturated carbocycles. The van der Waals surface area contributed by atoms with E-state index in [0.717, 1.165) is 12.8 Å². The van der Waals surface area contributed by atoms with E-state index in [9.17, 15) is 18.0 Å². The molecule has 1 fully saturated rings. The van der Waals surface area contributed by atoms with E-state index in [2.05, 4.69) is 14.7 Å². The maximum atomic E-state index is 14.0. The summed E-state index contributed by atoms with van der Waals surface area (Å²) in [6, 6.07) is 9.43. The lowest BCUT2D eigenvalue weighted by atomic mass is 10.1. The molecular weight excluding hydrogens is 525 g/mol. The van der Waals surface area contributed by atoms with Crippen molar-refractivity contribution >= 4 is 28.7 Å². The molecule has 2 N–H and O–H groups in total. The quantitative estimate of drug-likeness (QED) is 0.368. The molecule has 2 aromatic heterocycles. The molecule has 0 unspecified atom stereocenters. The second kappa shape index (κ2) is 10.5. The van der Waals surface area contributed by atoms with Gasteiger partial charge in [-0.3, -0.25) is 13.9 Å². The second-order valence-corrected chi connectivity index (χ2v) is 9.38. The van der Waals surface area contributed by atoms with Gasteiger partial charge in [-0.15, -0.1) is 0 Å². The first-order chi connectivity index (χ1) is 18.2. The molecule has 0 radical (unpaired) electrons. The molecule has 1 aliphatic heterocycles. The molecule has 9 nitrogen and oxygen atoms in total. The zero-order chi connectivity index (χ0) is 27.0. The summed E-state index contributed by atoms with van der Waals surface area (Å²) in [7, 11) is 1.46. The number of fused-ring (bicyclic) bond motifs is 1. The molecular formula is C25H24ClF3N6O3. The summed E-state index contributed by atoms with van der Waals surface area (Å²) in [6.45, 7) is -1.76. The van der Waals surface area contributed by atoms with Crippen molar-refractivity contribution in [3.05, 3.63) is 69.2 Å². The fraction of sp³-hybridized carbons (Fsp3) is 0.320. The molecule has 13 heteroatoms. The molecule has 5 rings (SSSR count). The lowest BCUT2D eigenvalue weighted by molar-refractivity contribution is -0.0499. The Morgan fingerprint density at radius 1 is 1.18 bits per heavy atom. The van der Waals surface area contributed by atoms with Crippen LogP contribution in [0.15, 0.2) is 47.3 Å². The highest BCUT2D eigenvalue weighted by Gasteiger charge is 2.26. The van der Waals surface area contributed by atoms with Crippen LogP contribution in [0.4, 0.5) is 19.1 Å². The number of nitrogens with zero attached hydrogens (tertiary/aromatic N) is 5. The van der Waals surface area contributed by atoms with Crippen molar-refractivity contribution in [3.8, 4) is 17.5 Å². The Hall–Kier alpha value is -3.77. The smallest absolute Gasteiger partial charge is 0.387 e. The minimum absolute atomic E-state index is 0.0678. The van der Waals surface area contributed by atoms with Gasteiger partial charge in [-0.2, -0.15) is 18.7 Å². The first kappa shape index (κ1) is 25.9. The third kappa shape index (κ3) is 5.27. The van der Waals surface area contributed by atoms with Crippen LogP contribution in [0.1, 0.15) is 18.4 Å². The van der Waals surface area contributed by atoms with Gasteiger partial charge in [0, 0.05) is 37.3 Å². The molecule has 2 aromatic carbocycles. The van der Waals surface area contributed by atoms with Gasteiger partial charge >= 0.3 is 12.6 Å². The number of piperidine rings is 1. The van der Waals surface area contributed by atoms with Crippen LogP contribution in [0.25, 0.3) is 11.2 Å². The van der Waals surface area contributed by atoms with Crippen molar-refractivity contribution in [2.24, 2.45) is 12.8 Å². The number of anilines is 1. The molecule has 0 bridgehead atoms. The number of hydrogen-bond acceptors (Lipinski definition) is 7. The van der Waals surface area contributed by atoms with Gasteiger partial charge in [0.1, 0.15) is 17.3 Å². The van der Waals surface area contributed by atoms with Crippen LogP contribution in [0.5, 0.6) is 17.5 Å². The summed E-state index contributed by atoms with van der Waals surface area (Å²) in [6.07, 6.45) is 1.70. The highest BCUT2D eigenvalue weighted by molar-refractivity contribution is 6.31. The Balaban J connectivity index is 1.61. The summed E-state index contributed by atoms with van der Waals surface area (Å²) in [5.41, 5.74) is 6.46. The highest BCUT2D eigenvalue weighted by atomic mass is 35.5. The monoisotopic (exact) mass is 548 g/mol. The largest absolute Gasteiger partial charge is 0.435 e. The fourth-order valence-corrected chi connectivity index (χ4v) is 4.63. The molecule has 4 aromatic rings. The predicted octanol–water partition coefficient (Wildman–Crippen LogP) is 4.29. The standard InChI is InChI=1S/C25H24ClF3N6O3/c1-33-22(36)20-21(32-25(33)38-18-6-2-5-17(11-18)37-23(28)29)31-24(34-9-3-4-16(30)13-34)35(20)12-14-10-15(27)7-8-19(14)26/h2,5-8,10-11,16,23H,3-4,9,12-13,30H2,1H3/t16-/m1/s1. The Bertz CT molecular complexity index is 1540. The number of nitrogens with two attached hydrogens (primary N) is 1. The summed E-state index contributed by atoms with van der Waals surface area (Å²) >= 11 is 6.35. The Morgan fingerprint density at radius 3 is 2.74 bits per heavy atom. The molecule has 3 heterocycles. The average molecular weight is 549 g/mol. The molecule has 1 saturated heterocycles. The zero-order valence-corrected chi connectivity index (χ0v) is 21.0. The van der Waals surface area contributed by atoms with Gasteiger partial charge in [0.2, 0.25) is 5.95 Å². The minimum atomic E-state index is -3.00. The van der Waals surface area contributed by atoms with Crippen molar-refractivity contribution in [3.63, 3.8) is 0 Å². The normalized spacial score (nSPS) is 15.9. The molecule has 1 aliphatic rings. The third-order valence-electron chi connectivity index (χ3n) is 6.24. The van der Waals surface area contributed by atoms with Crippen molar-refractivity contribution in [1.82, 2.24) is 19.1 Å². The number of aromatic nitrogens is 4. The number of imidazole rings is 1. The van der Waals surface area contributed by atoms with Gasteiger partial charge < -0.3 is 20.1 Å². The summed E-state index contributed by atoms with van der Waals surface area (Å²) < 4.78 is 52.3. The van der Waals surface area contributed by atoms with Crippen LogP contribution in [0.2, 0.25) is 5.02 Å². The summed E-state index contributed by atoms with van der Waals surface area (Å²) in [5, 5.41) is 0.338. The van der Waals surface area contributed by atoms with Gasteiger partial charge in [0.05, 0.1) is 6.54 Å². The van der Waals surface area contributed by atoms with Crippen LogP contribution in [-0.4, -0.2) is 44.8 Å². The molecule has 200 valence electrons. The lowest BCUT2D eigenvalue weighted by Crippen LogP contribution is -2.44. The number of benzene rings is 2. The van der Waals surface area contributed by atoms with E-state index in [1.807, 2.05) is 4.90 Å². The van der Waals surface area contributed by atoms with E-state index >= 15 is 0 Å². The summed E-state index contributed by atoms with van der Waals surface area (Å²) in [5.74, 6) is 0.0152. The van der Waals surface area contributed by atoms with Crippen LogP contribution in [0.3, 0.4) is 0 Å². The number of alkyl halides is 2. The number of rotatable bonds is 7. The second-order valence-electron chi connectivity index (χ2n) is 8.97. The van der Waals surface area contributed by atoms with Gasteiger partial charge in [0.25, 0.3) is 5.56 Å². The molecule has 38 heavy (non-hydrogen) atoms. The maximum Gasteiger partial charge on any atom is 0.387 e. The topological polar surface area (TPSA) is 100 Å². The van der Waals surface area contributed by atoms with E-state index < -0.39 is 18.0 Å².